The molecule has 4 nitrogen and oxygen atoms in total. The summed E-state index contributed by atoms with van der Waals surface area (Å²) >= 11 is 0. The smallest absolute Gasteiger partial charge is 0.251 e. The molecule has 1 fully saturated rings. The predicted octanol–water partition coefficient (Wildman–Crippen LogP) is 1.93. The number of rotatable bonds is 1. The number of hydrogen-bond acceptors (Lipinski definition) is 3. The highest BCUT2D eigenvalue weighted by Gasteiger charge is 2.31. The number of nitrogens with zero attached hydrogens (tertiary/aromatic N) is 2. The van der Waals surface area contributed by atoms with E-state index < -0.39 is 0 Å². The molecule has 0 radical (unpaired) electrons. The van der Waals surface area contributed by atoms with Gasteiger partial charge in [-0.3, -0.25) is 9.78 Å². The highest BCUT2D eigenvalue weighted by molar-refractivity contribution is 5.66. The zero-order valence-electron chi connectivity index (χ0n) is 12.2. The lowest BCUT2D eigenvalue weighted by Crippen LogP contribution is -2.44. The molecular formula is C17H19N3O. The molecule has 1 saturated heterocycles. The molecule has 2 atom stereocenters. The lowest BCUT2D eigenvalue weighted by Gasteiger charge is -2.37. The van der Waals surface area contributed by atoms with Crippen molar-refractivity contribution in [1.82, 2.24) is 14.9 Å². The number of pyridine rings is 2. The molecule has 0 unspecified atom stereocenters. The summed E-state index contributed by atoms with van der Waals surface area (Å²) in [5.74, 6) is 1.06. The zero-order chi connectivity index (χ0) is 14.4. The van der Waals surface area contributed by atoms with Crippen molar-refractivity contribution < 1.29 is 0 Å². The van der Waals surface area contributed by atoms with Gasteiger partial charge in [-0.2, -0.15) is 0 Å². The van der Waals surface area contributed by atoms with Gasteiger partial charge in [-0.25, -0.2) is 0 Å². The summed E-state index contributed by atoms with van der Waals surface area (Å²) in [6.07, 6.45) is 4.84. The van der Waals surface area contributed by atoms with Crippen molar-refractivity contribution in [2.24, 2.45) is 5.92 Å². The van der Waals surface area contributed by atoms with Gasteiger partial charge < -0.3 is 9.88 Å². The van der Waals surface area contributed by atoms with Crippen molar-refractivity contribution in [2.45, 2.75) is 25.8 Å². The molecular weight excluding hydrogens is 262 g/mol. The second-order valence-corrected chi connectivity index (χ2v) is 6.27. The minimum Gasteiger partial charge on any atom is -0.316 e. The van der Waals surface area contributed by atoms with Gasteiger partial charge in [-0.05, 0) is 49.1 Å². The molecule has 0 saturated carbocycles. The SMILES string of the molecule is Cc1ccncc1-c1cc2n(c(=O)c1)C[C@@H]1CNC[C@H]2C1. The van der Waals surface area contributed by atoms with E-state index in [-0.39, 0.29) is 5.56 Å². The third-order valence-electron chi connectivity index (χ3n) is 4.81. The molecule has 108 valence electrons. The molecule has 0 spiro atoms. The summed E-state index contributed by atoms with van der Waals surface area (Å²) in [6.45, 7) is 4.92. The van der Waals surface area contributed by atoms with Crippen molar-refractivity contribution in [1.29, 1.82) is 0 Å². The van der Waals surface area contributed by atoms with E-state index in [4.69, 9.17) is 0 Å². The van der Waals surface area contributed by atoms with Crippen molar-refractivity contribution in [3.05, 3.63) is 52.2 Å². The summed E-state index contributed by atoms with van der Waals surface area (Å²) < 4.78 is 1.98. The van der Waals surface area contributed by atoms with E-state index in [9.17, 15) is 4.79 Å². The van der Waals surface area contributed by atoms with Crippen LogP contribution in [0.3, 0.4) is 0 Å². The Kier molecular flexibility index (Phi) is 2.93. The lowest BCUT2D eigenvalue weighted by atomic mass is 9.83. The van der Waals surface area contributed by atoms with Gasteiger partial charge in [0, 0.05) is 48.7 Å². The van der Waals surface area contributed by atoms with Crippen LogP contribution in [-0.2, 0) is 6.54 Å². The second kappa shape index (κ2) is 4.81. The topological polar surface area (TPSA) is 46.9 Å². The standard InChI is InChI=1S/C17H19N3O/c1-11-2-3-18-9-15(11)13-5-16-14-4-12(7-19-8-14)10-20(16)17(21)6-13/h2-3,5-6,9,12,14,19H,4,7-8,10H2,1H3/t12-,14+/m0/s1. The van der Waals surface area contributed by atoms with E-state index in [0.29, 0.717) is 11.8 Å². The van der Waals surface area contributed by atoms with Gasteiger partial charge >= 0.3 is 0 Å². The molecule has 2 aliphatic heterocycles. The minimum atomic E-state index is 0.127. The molecule has 4 heteroatoms. The maximum absolute atomic E-state index is 12.5. The molecule has 0 amide bonds. The van der Waals surface area contributed by atoms with Gasteiger partial charge in [0.25, 0.3) is 5.56 Å². The van der Waals surface area contributed by atoms with Crippen molar-refractivity contribution >= 4 is 0 Å². The Labute approximate surface area is 123 Å². The first kappa shape index (κ1) is 12.8. The van der Waals surface area contributed by atoms with Crippen molar-refractivity contribution in [2.75, 3.05) is 13.1 Å². The van der Waals surface area contributed by atoms with E-state index in [1.165, 1.54) is 12.1 Å². The Morgan fingerprint density at radius 3 is 3.10 bits per heavy atom. The van der Waals surface area contributed by atoms with Gasteiger partial charge in [0.1, 0.15) is 0 Å². The molecule has 2 aliphatic rings. The van der Waals surface area contributed by atoms with Crippen LogP contribution in [0.15, 0.2) is 35.4 Å². The highest BCUT2D eigenvalue weighted by Crippen LogP contribution is 2.34. The van der Waals surface area contributed by atoms with Gasteiger partial charge in [-0.1, -0.05) is 0 Å². The molecule has 0 aliphatic carbocycles. The molecule has 4 rings (SSSR count). The number of nitrogens with one attached hydrogen (secondary N) is 1. The van der Waals surface area contributed by atoms with E-state index in [1.807, 2.05) is 16.8 Å². The zero-order valence-corrected chi connectivity index (χ0v) is 12.2. The summed E-state index contributed by atoms with van der Waals surface area (Å²) in [5.41, 5.74) is 4.53. The average molecular weight is 281 g/mol. The molecule has 2 bridgehead atoms. The Morgan fingerprint density at radius 2 is 2.24 bits per heavy atom. The fourth-order valence-corrected chi connectivity index (χ4v) is 3.73. The van der Waals surface area contributed by atoms with Crippen LogP contribution >= 0.6 is 0 Å². The maximum Gasteiger partial charge on any atom is 0.251 e. The number of fused-ring (bicyclic) bond motifs is 4. The summed E-state index contributed by atoms with van der Waals surface area (Å²) in [5, 5.41) is 3.49. The number of aromatic nitrogens is 2. The normalized spacial score (nSPS) is 23.7. The fraction of sp³-hybridized carbons (Fsp3) is 0.412. The number of aryl methyl sites for hydroxylation is 1. The summed E-state index contributed by atoms with van der Waals surface area (Å²) in [4.78, 5) is 16.7. The molecule has 21 heavy (non-hydrogen) atoms. The fourth-order valence-electron chi connectivity index (χ4n) is 3.73. The van der Waals surface area contributed by atoms with E-state index in [1.54, 1.807) is 12.3 Å². The number of hydrogen-bond donors (Lipinski definition) is 1. The summed E-state index contributed by atoms with van der Waals surface area (Å²) in [6, 6.07) is 5.95. The predicted molar refractivity (Wildman–Crippen MR) is 82.4 cm³/mol. The molecule has 2 aromatic heterocycles. The first-order valence-corrected chi connectivity index (χ1v) is 7.59. The van der Waals surface area contributed by atoms with Gasteiger partial charge in [0.2, 0.25) is 0 Å². The Bertz CT molecular complexity index is 750. The van der Waals surface area contributed by atoms with Crippen LogP contribution in [0.2, 0.25) is 0 Å². The quantitative estimate of drug-likeness (QED) is 0.869. The minimum absolute atomic E-state index is 0.127. The number of piperidine rings is 1. The van der Waals surface area contributed by atoms with Gasteiger partial charge in [-0.15, -0.1) is 0 Å². The van der Waals surface area contributed by atoms with Crippen molar-refractivity contribution in [3.63, 3.8) is 0 Å². The Morgan fingerprint density at radius 1 is 1.33 bits per heavy atom. The first-order valence-electron chi connectivity index (χ1n) is 7.59. The third-order valence-corrected chi connectivity index (χ3v) is 4.81. The third kappa shape index (κ3) is 2.10. The van der Waals surface area contributed by atoms with Crippen LogP contribution in [0.4, 0.5) is 0 Å². The molecule has 1 N–H and O–H groups in total. The molecule has 4 heterocycles. The maximum atomic E-state index is 12.5. The van der Waals surface area contributed by atoms with Crippen LogP contribution in [0, 0.1) is 12.8 Å². The average Bonchev–Trinajstić information content (AvgIpc) is 2.49. The Balaban J connectivity index is 1.88. The van der Waals surface area contributed by atoms with Crippen molar-refractivity contribution in [3.8, 4) is 11.1 Å². The monoisotopic (exact) mass is 281 g/mol. The molecule has 0 aromatic carbocycles. The van der Waals surface area contributed by atoms with Crippen LogP contribution in [0.1, 0.15) is 23.6 Å². The molecule has 2 aromatic rings. The van der Waals surface area contributed by atoms with Crippen LogP contribution in [0.5, 0.6) is 0 Å². The van der Waals surface area contributed by atoms with Crippen LogP contribution < -0.4 is 10.9 Å². The second-order valence-electron chi connectivity index (χ2n) is 6.27. The van der Waals surface area contributed by atoms with E-state index in [2.05, 4.69) is 23.3 Å². The van der Waals surface area contributed by atoms with Crippen LogP contribution in [-0.4, -0.2) is 22.6 Å². The first-order chi connectivity index (χ1) is 10.2. The lowest BCUT2D eigenvalue weighted by molar-refractivity contribution is 0.257. The van der Waals surface area contributed by atoms with Gasteiger partial charge in [0.05, 0.1) is 0 Å². The van der Waals surface area contributed by atoms with Crippen LogP contribution in [0.25, 0.3) is 11.1 Å². The van der Waals surface area contributed by atoms with E-state index >= 15 is 0 Å². The summed E-state index contributed by atoms with van der Waals surface area (Å²) in [7, 11) is 0. The van der Waals surface area contributed by atoms with Gasteiger partial charge in [0.15, 0.2) is 0 Å². The largest absolute Gasteiger partial charge is 0.316 e. The Hall–Kier alpha value is -1.94. The van der Waals surface area contributed by atoms with E-state index in [0.717, 1.165) is 36.3 Å². The highest BCUT2D eigenvalue weighted by atomic mass is 16.1.